The summed E-state index contributed by atoms with van der Waals surface area (Å²) in [6.07, 6.45) is 1.78. The Hall–Kier alpha value is -1.62. The molecule has 0 aliphatic carbocycles. The van der Waals surface area contributed by atoms with Crippen LogP contribution >= 0.6 is 22.6 Å². The van der Waals surface area contributed by atoms with Crippen molar-refractivity contribution in [1.82, 2.24) is 0 Å². The smallest absolute Gasteiger partial charge is 0.187 e. The summed E-state index contributed by atoms with van der Waals surface area (Å²) in [6.45, 7) is 4.34. The fraction of sp³-hybridized carbons (Fsp3) is 0.211. The molecule has 1 aliphatic heterocycles. The molecule has 3 heteroatoms. The third-order valence-corrected chi connectivity index (χ3v) is 5.06. The molecule has 22 heavy (non-hydrogen) atoms. The van der Waals surface area contributed by atoms with Gasteiger partial charge in [0, 0.05) is 39.1 Å². The van der Waals surface area contributed by atoms with Crippen LogP contribution in [-0.2, 0) is 5.41 Å². The van der Waals surface area contributed by atoms with Crippen LogP contribution in [0.4, 0.5) is 5.69 Å². The molecule has 0 saturated heterocycles. The Morgan fingerprint density at radius 2 is 1.73 bits per heavy atom. The number of para-hydroxylation sites is 1. The average Bonchev–Trinajstić information content (AvgIpc) is 2.69. The molecule has 0 fully saturated rings. The topological polar surface area (TPSA) is 20.3 Å². The third kappa shape index (κ3) is 2.47. The Labute approximate surface area is 145 Å². The minimum atomic E-state index is -0.162. The van der Waals surface area contributed by atoms with E-state index in [4.69, 9.17) is 0 Å². The molecule has 0 N–H and O–H groups in total. The molecule has 1 aliphatic rings. The number of anilines is 1. The molecule has 0 radical (unpaired) electrons. The van der Waals surface area contributed by atoms with E-state index in [1.54, 1.807) is 6.08 Å². The zero-order valence-electron chi connectivity index (χ0n) is 12.9. The molecule has 0 unspecified atom stereocenters. The summed E-state index contributed by atoms with van der Waals surface area (Å²) in [5, 5.41) is 0. The van der Waals surface area contributed by atoms with Gasteiger partial charge in [-0.15, -0.1) is 0 Å². The number of hydrogen-bond acceptors (Lipinski definition) is 2. The first-order valence-electron chi connectivity index (χ1n) is 7.26. The predicted molar refractivity (Wildman–Crippen MR) is 99.4 cm³/mol. The first kappa shape index (κ1) is 15.3. The average molecular weight is 403 g/mol. The molecular formula is C19H18INO. The summed E-state index contributed by atoms with van der Waals surface area (Å²) in [6, 6.07) is 16.0. The molecule has 0 spiro atoms. The van der Waals surface area contributed by atoms with Gasteiger partial charge in [0.1, 0.15) is 0 Å². The van der Waals surface area contributed by atoms with Crippen molar-refractivity contribution < 1.29 is 4.79 Å². The molecule has 3 rings (SSSR count). The lowest BCUT2D eigenvalue weighted by molar-refractivity contribution is 0.104. The third-order valence-electron chi connectivity index (χ3n) is 4.34. The highest BCUT2D eigenvalue weighted by molar-refractivity contribution is 14.1. The number of ketones is 1. The molecule has 0 bridgehead atoms. The summed E-state index contributed by atoms with van der Waals surface area (Å²) < 4.78 is 1.13. The van der Waals surface area contributed by atoms with Crippen LogP contribution in [-0.4, -0.2) is 12.8 Å². The number of likely N-dealkylation sites (N-methyl/N-ethyl adjacent to an activating group) is 1. The number of rotatable bonds is 2. The van der Waals surface area contributed by atoms with Gasteiger partial charge in [-0.2, -0.15) is 0 Å². The Bertz CT molecular complexity index is 759. The summed E-state index contributed by atoms with van der Waals surface area (Å²) >= 11 is 2.24. The highest BCUT2D eigenvalue weighted by Crippen LogP contribution is 2.46. The van der Waals surface area contributed by atoms with E-state index in [-0.39, 0.29) is 11.2 Å². The number of allylic oxidation sites excluding steroid dienone is 2. The molecule has 2 nitrogen and oxygen atoms in total. The van der Waals surface area contributed by atoms with Crippen molar-refractivity contribution in [2.24, 2.45) is 0 Å². The molecule has 1 heterocycles. The predicted octanol–water partition coefficient (Wildman–Crippen LogP) is 4.79. The normalized spacial score (nSPS) is 17.6. The Balaban J connectivity index is 2.01. The van der Waals surface area contributed by atoms with Gasteiger partial charge >= 0.3 is 0 Å². The van der Waals surface area contributed by atoms with Gasteiger partial charge in [0.05, 0.1) is 0 Å². The SMILES string of the molecule is CN1/C(=C/C(=O)c2ccc(I)cc2)C(C)(C)c2ccccc21. The van der Waals surface area contributed by atoms with Gasteiger partial charge < -0.3 is 4.90 Å². The first-order valence-corrected chi connectivity index (χ1v) is 8.34. The molecular weight excluding hydrogens is 385 g/mol. The van der Waals surface area contributed by atoms with Gasteiger partial charge in [0.2, 0.25) is 0 Å². The van der Waals surface area contributed by atoms with E-state index >= 15 is 0 Å². The molecule has 0 aromatic heterocycles. The van der Waals surface area contributed by atoms with Crippen molar-refractivity contribution in [1.29, 1.82) is 0 Å². The molecule has 2 aromatic rings. The first-order chi connectivity index (χ1) is 10.4. The Kier molecular flexibility index (Phi) is 3.85. The maximum atomic E-state index is 12.6. The monoisotopic (exact) mass is 403 g/mol. The van der Waals surface area contributed by atoms with Crippen molar-refractivity contribution in [3.8, 4) is 0 Å². The lowest BCUT2D eigenvalue weighted by Gasteiger charge is -2.24. The van der Waals surface area contributed by atoms with Gasteiger partial charge in [0.15, 0.2) is 5.78 Å². The standard InChI is InChI=1S/C19H18INO/c1-19(2)15-6-4-5-7-16(15)21(3)18(19)12-17(22)13-8-10-14(20)11-9-13/h4-12H,1-3H3/b18-12+. The van der Waals surface area contributed by atoms with Gasteiger partial charge in [-0.25, -0.2) is 0 Å². The summed E-state index contributed by atoms with van der Waals surface area (Å²) in [5.41, 5.74) is 4.04. The van der Waals surface area contributed by atoms with Crippen LogP contribution in [0, 0.1) is 3.57 Å². The zero-order valence-corrected chi connectivity index (χ0v) is 15.1. The van der Waals surface area contributed by atoms with Crippen molar-refractivity contribution in [3.05, 3.63) is 75.0 Å². The van der Waals surface area contributed by atoms with Gasteiger partial charge in [0.25, 0.3) is 0 Å². The van der Waals surface area contributed by atoms with Gasteiger partial charge in [-0.3, -0.25) is 4.79 Å². The summed E-state index contributed by atoms with van der Waals surface area (Å²) in [4.78, 5) is 14.7. The van der Waals surface area contributed by atoms with Crippen LogP contribution in [0.15, 0.2) is 60.3 Å². The maximum absolute atomic E-state index is 12.6. The van der Waals surface area contributed by atoms with Crippen LogP contribution < -0.4 is 4.90 Å². The number of carbonyl (C=O) groups excluding carboxylic acids is 1. The van der Waals surface area contributed by atoms with Crippen LogP contribution in [0.2, 0.25) is 0 Å². The van der Waals surface area contributed by atoms with E-state index in [1.807, 2.05) is 37.4 Å². The van der Waals surface area contributed by atoms with Crippen LogP contribution in [0.3, 0.4) is 0 Å². The lowest BCUT2D eigenvalue weighted by Crippen LogP contribution is -2.24. The summed E-state index contributed by atoms with van der Waals surface area (Å²) in [7, 11) is 2.03. The van der Waals surface area contributed by atoms with E-state index in [0.29, 0.717) is 0 Å². The second kappa shape index (κ2) is 5.54. The Morgan fingerprint density at radius 1 is 1.09 bits per heavy atom. The molecule has 2 aromatic carbocycles. The number of fused-ring (bicyclic) bond motifs is 1. The molecule has 0 amide bonds. The number of halogens is 1. The highest BCUT2D eigenvalue weighted by atomic mass is 127. The van der Waals surface area contributed by atoms with Crippen molar-refractivity contribution in [3.63, 3.8) is 0 Å². The van der Waals surface area contributed by atoms with Gasteiger partial charge in [-0.1, -0.05) is 44.2 Å². The van der Waals surface area contributed by atoms with Crippen LogP contribution in [0.5, 0.6) is 0 Å². The minimum Gasteiger partial charge on any atom is -0.347 e. The largest absolute Gasteiger partial charge is 0.347 e. The van der Waals surface area contributed by atoms with Crippen molar-refractivity contribution >= 4 is 34.1 Å². The number of benzene rings is 2. The fourth-order valence-corrected chi connectivity index (χ4v) is 3.44. The number of nitrogens with zero attached hydrogens (tertiary/aromatic N) is 1. The van der Waals surface area contributed by atoms with E-state index in [1.165, 1.54) is 11.3 Å². The lowest BCUT2D eigenvalue weighted by atomic mass is 9.83. The minimum absolute atomic E-state index is 0.0548. The molecule has 0 saturated carbocycles. The van der Waals surface area contributed by atoms with E-state index in [0.717, 1.165) is 14.8 Å². The number of carbonyl (C=O) groups is 1. The van der Waals surface area contributed by atoms with Crippen LogP contribution in [0.25, 0.3) is 0 Å². The van der Waals surface area contributed by atoms with E-state index in [9.17, 15) is 4.79 Å². The highest BCUT2D eigenvalue weighted by Gasteiger charge is 2.38. The van der Waals surface area contributed by atoms with Crippen LogP contribution in [0.1, 0.15) is 29.8 Å². The fourth-order valence-electron chi connectivity index (χ4n) is 3.08. The number of hydrogen-bond donors (Lipinski definition) is 0. The maximum Gasteiger partial charge on any atom is 0.187 e. The Morgan fingerprint density at radius 3 is 2.36 bits per heavy atom. The molecule has 0 atom stereocenters. The van der Waals surface area contributed by atoms with Gasteiger partial charge in [-0.05, 0) is 46.4 Å². The zero-order chi connectivity index (χ0) is 15.9. The van der Waals surface area contributed by atoms with E-state index in [2.05, 4.69) is 59.5 Å². The second-order valence-electron chi connectivity index (χ2n) is 6.10. The van der Waals surface area contributed by atoms with Crippen molar-refractivity contribution in [2.45, 2.75) is 19.3 Å². The summed E-state index contributed by atoms with van der Waals surface area (Å²) in [5.74, 6) is 0.0548. The molecule has 112 valence electrons. The van der Waals surface area contributed by atoms with E-state index < -0.39 is 0 Å². The quantitative estimate of drug-likeness (QED) is 0.409. The van der Waals surface area contributed by atoms with Crippen molar-refractivity contribution in [2.75, 3.05) is 11.9 Å². The second-order valence-corrected chi connectivity index (χ2v) is 7.35.